The number of ether oxygens (including phenoxy) is 1. The molecule has 0 amide bonds. The van der Waals surface area contributed by atoms with Crippen LogP contribution in [0.15, 0.2) is 59.8 Å². The monoisotopic (exact) mass is 420 g/mol. The summed E-state index contributed by atoms with van der Waals surface area (Å²) >= 11 is 6.39. The van der Waals surface area contributed by atoms with Crippen molar-refractivity contribution in [2.24, 2.45) is 0 Å². The molecule has 6 nitrogen and oxygen atoms in total. The zero-order chi connectivity index (χ0) is 20.7. The van der Waals surface area contributed by atoms with Crippen molar-refractivity contribution in [1.82, 2.24) is 14.8 Å². The number of halogens is 1. The summed E-state index contributed by atoms with van der Waals surface area (Å²) in [7, 11) is 0. The Balaban J connectivity index is 1.71. The lowest BCUT2D eigenvalue weighted by atomic mass is 9.85. The first kappa shape index (κ1) is 18.9. The van der Waals surface area contributed by atoms with Gasteiger partial charge in [0, 0.05) is 28.8 Å². The van der Waals surface area contributed by atoms with Crippen molar-refractivity contribution in [3.05, 3.63) is 70.4 Å². The quantitative estimate of drug-likeness (QED) is 0.641. The van der Waals surface area contributed by atoms with Gasteiger partial charge >= 0.3 is 0 Å². The molecule has 1 unspecified atom stereocenters. The van der Waals surface area contributed by atoms with Crippen LogP contribution in [0.4, 0.5) is 5.95 Å². The average Bonchev–Trinajstić information content (AvgIpc) is 3.17. The van der Waals surface area contributed by atoms with Crippen LogP contribution in [0.1, 0.15) is 37.8 Å². The minimum absolute atomic E-state index is 0.139. The highest BCUT2D eigenvalue weighted by atomic mass is 35.5. The van der Waals surface area contributed by atoms with Crippen molar-refractivity contribution >= 4 is 23.3 Å². The average molecular weight is 421 g/mol. The Morgan fingerprint density at radius 3 is 2.80 bits per heavy atom. The molecule has 1 N–H and O–H groups in total. The summed E-state index contributed by atoms with van der Waals surface area (Å²) in [4.78, 5) is 17.7. The summed E-state index contributed by atoms with van der Waals surface area (Å²) in [5.74, 6) is 2.02. The Bertz CT molecular complexity index is 1170. The lowest BCUT2D eigenvalue weighted by Gasteiger charge is -2.32. The zero-order valence-electron chi connectivity index (χ0n) is 16.6. The number of nitrogens with zero attached hydrogens (tertiary/aromatic N) is 3. The summed E-state index contributed by atoms with van der Waals surface area (Å²) in [6.07, 6.45) is 2.17. The maximum Gasteiger partial charge on any atom is 0.226 e. The molecule has 5 rings (SSSR count). The third-order valence-corrected chi connectivity index (χ3v) is 5.83. The van der Waals surface area contributed by atoms with Crippen molar-refractivity contribution in [2.45, 2.75) is 32.2 Å². The van der Waals surface area contributed by atoms with Crippen LogP contribution < -0.4 is 10.1 Å². The van der Waals surface area contributed by atoms with Crippen molar-refractivity contribution in [3.63, 3.8) is 0 Å². The highest BCUT2D eigenvalue weighted by molar-refractivity contribution is 6.33. The lowest BCUT2D eigenvalue weighted by Crippen LogP contribution is -2.31. The van der Waals surface area contributed by atoms with Gasteiger partial charge in [-0.25, -0.2) is 4.68 Å². The maximum atomic E-state index is 13.0. The highest BCUT2D eigenvalue weighted by Gasteiger charge is 2.38. The first-order chi connectivity index (χ1) is 14.7. The SMILES string of the molecule is CCOc1ccccc1C1C2=C(CCCC2=O)Nc2nc(-c3ccccc3Cl)nn21. The van der Waals surface area contributed by atoms with Gasteiger partial charge in [-0.15, -0.1) is 5.10 Å². The van der Waals surface area contributed by atoms with Crippen LogP contribution in [-0.2, 0) is 4.79 Å². The van der Waals surface area contributed by atoms with Gasteiger partial charge in [-0.3, -0.25) is 4.79 Å². The molecular formula is C23H21ClN4O2. The Hall–Kier alpha value is -3.12. The number of hydrogen-bond acceptors (Lipinski definition) is 5. The second-order valence-corrected chi connectivity index (χ2v) is 7.76. The zero-order valence-corrected chi connectivity index (χ0v) is 17.3. The number of carbonyl (C=O) groups excluding carboxylic acids is 1. The normalized spacial score (nSPS) is 17.9. The molecule has 0 saturated heterocycles. The molecular weight excluding hydrogens is 400 g/mol. The fourth-order valence-corrected chi connectivity index (χ4v) is 4.41. The smallest absolute Gasteiger partial charge is 0.226 e. The molecule has 1 atom stereocenters. The molecule has 2 aromatic carbocycles. The van der Waals surface area contributed by atoms with Gasteiger partial charge in [-0.1, -0.05) is 41.9 Å². The van der Waals surface area contributed by atoms with Gasteiger partial charge in [0.25, 0.3) is 0 Å². The molecule has 0 saturated carbocycles. The summed E-state index contributed by atoms with van der Waals surface area (Å²) in [6.45, 7) is 2.49. The van der Waals surface area contributed by atoms with Gasteiger partial charge in [0.15, 0.2) is 11.6 Å². The Labute approximate surface area is 179 Å². The minimum Gasteiger partial charge on any atom is -0.494 e. The number of hydrogen-bond donors (Lipinski definition) is 1. The van der Waals surface area contributed by atoms with E-state index in [1.807, 2.05) is 55.5 Å². The van der Waals surface area contributed by atoms with Crippen LogP contribution in [0, 0.1) is 0 Å². The van der Waals surface area contributed by atoms with Crippen LogP contribution in [0.25, 0.3) is 11.4 Å². The molecule has 0 spiro atoms. The van der Waals surface area contributed by atoms with E-state index in [1.54, 1.807) is 4.68 Å². The van der Waals surface area contributed by atoms with E-state index in [4.69, 9.17) is 26.4 Å². The van der Waals surface area contributed by atoms with Crippen molar-refractivity contribution < 1.29 is 9.53 Å². The van der Waals surface area contributed by atoms with E-state index in [9.17, 15) is 4.79 Å². The summed E-state index contributed by atoms with van der Waals surface area (Å²) < 4.78 is 7.68. The Kier molecular flexibility index (Phi) is 4.79. The van der Waals surface area contributed by atoms with Crippen LogP contribution in [0.2, 0.25) is 5.02 Å². The molecule has 0 radical (unpaired) electrons. The van der Waals surface area contributed by atoms with E-state index < -0.39 is 6.04 Å². The van der Waals surface area contributed by atoms with Crippen LogP contribution in [-0.4, -0.2) is 27.2 Å². The molecule has 3 aromatic rings. The van der Waals surface area contributed by atoms with Gasteiger partial charge in [0.2, 0.25) is 5.95 Å². The van der Waals surface area contributed by atoms with Gasteiger partial charge in [0.1, 0.15) is 11.8 Å². The van der Waals surface area contributed by atoms with Crippen LogP contribution in [0.3, 0.4) is 0 Å². The van der Waals surface area contributed by atoms with E-state index in [-0.39, 0.29) is 5.78 Å². The van der Waals surface area contributed by atoms with E-state index >= 15 is 0 Å². The first-order valence-electron chi connectivity index (χ1n) is 10.1. The van der Waals surface area contributed by atoms with E-state index in [0.29, 0.717) is 29.8 Å². The van der Waals surface area contributed by atoms with Crippen molar-refractivity contribution in [1.29, 1.82) is 0 Å². The molecule has 2 heterocycles. The summed E-state index contributed by atoms with van der Waals surface area (Å²) in [6, 6.07) is 14.9. The number of nitrogens with one attached hydrogen (secondary N) is 1. The molecule has 1 aromatic heterocycles. The molecule has 30 heavy (non-hydrogen) atoms. The highest BCUT2D eigenvalue weighted by Crippen LogP contribution is 2.43. The molecule has 152 valence electrons. The molecule has 2 aliphatic rings. The molecule has 7 heteroatoms. The second kappa shape index (κ2) is 7.61. The van der Waals surface area contributed by atoms with Crippen LogP contribution in [0.5, 0.6) is 5.75 Å². The minimum atomic E-state index is -0.393. The number of aromatic nitrogens is 3. The fourth-order valence-electron chi connectivity index (χ4n) is 4.19. The van der Waals surface area contributed by atoms with E-state index in [1.165, 1.54) is 0 Å². The summed E-state index contributed by atoms with van der Waals surface area (Å²) in [5.41, 5.74) is 3.33. The number of para-hydroxylation sites is 1. The van der Waals surface area contributed by atoms with Crippen molar-refractivity contribution in [3.8, 4) is 17.1 Å². The number of allylic oxidation sites excluding steroid dienone is 2. The number of carbonyl (C=O) groups is 1. The number of rotatable bonds is 4. The molecule has 0 bridgehead atoms. The maximum absolute atomic E-state index is 13.0. The predicted octanol–water partition coefficient (Wildman–Crippen LogP) is 5.02. The van der Waals surface area contributed by atoms with Gasteiger partial charge in [0.05, 0.1) is 11.6 Å². The third kappa shape index (κ3) is 3.08. The number of benzene rings is 2. The largest absolute Gasteiger partial charge is 0.494 e. The van der Waals surface area contributed by atoms with E-state index in [0.717, 1.165) is 41.0 Å². The standard InChI is InChI=1S/C23H21ClN4O2/c1-2-30-19-13-6-4-9-15(19)21-20-17(11-7-12-18(20)29)25-23-26-22(27-28(21)23)14-8-3-5-10-16(14)24/h3-6,8-10,13,21H,2,7,11-12H2,1H3,(H,25,26,27). The number of fused-ring (bicyclic) bond motifs is 1. The van der Waals surface area contributed by atoms with Gasteiger partial charge in [-0.05, 0) is 38.0 Å². The Morgan fingerprint density at radius 2 is 1.97 bits per heavy atom. The fraction of sp³-hybridized carbons (Fsp3) is 0.261. The lowest BCUT2D eigenvalue weighted by molar-refractivity contribution is -0.116. The Morgan fingerprint density at radius 1 is 1.17 bits per heavy atom. The molecule has 1 aliphatic heterocycles. The number of ketones is 1. The molecule has 1 aliphatic carbocycles. The van der Waals surface area contributed by atoms with Gasteiger partial charge in [-0.2, -0.15) is 4.98 Å². The summed E-state index contributed by atoms with van der Waals surface area (Å²) in [5, 5.41) is 8.72. The topological polar surface area (TPSA) is 69.0 Å². The third-order valence-electron chi connectivity index (χ3n) is 5.50. The number of Topliss-reactive ketones (excluding diaryl/α,β-unsaturated/α-hetero) is 1. The van der Waals surface area contributed by atoms with Gasteiger partial charge < -0.3 is 10.1 Å². The van der Waals surface area contributed by atoms with E-state index in [2.05, 4.69) is 5.32 Å². The van der Waals surface area contributed by atoms with Crippen LogP contribution >= 0.6 is 11.6 Å². The molecule has 0 fully saturated rings. The number of anilines is 1. The van der Waals surface area contributed by atoms with Crippen molar-refractivity contribution in [2.75, 3.05) is 11.9 Å². The predicted molar refractivity (Wildman–Crippen MR) is 116 cm³/mol. The second-order valence-electron chi connectivity index (χ2n) is 7.35. The first-order valence-corrected chi connectivity index (χ1v) is 10.5.